The van der Waals surface area contributed by atoms with Gasteiger partial charge in [0.2, 0.25) is 0 Å². The van der Waals surface area contributed by atoms with Gasteiger partial charge in [-0.2, -0.15) is 5.26 Å². The zero-order valence-corrected chi connectivity index (χ0v) is 14.2. The number of fused-ring (bicyclic) bond motifs is 1. The highest BCUT2D eigenvalue weighted by Gasteiger charge is 2.17. The van der Waals surface area contributed by atoms with Crippen molar-refractivity contribution in [3.8, 4) is 6.07 Å². The number of halogens is 1. The fourth-order valence-corrected chi connectivity index (χ4v) is 2.66. The molecule has 0 saturated carbocycles. The number of para-hydroxylation sites is 1. The van der Waals surface area contributed by atoms with Crippen molar-refractivity contribution in [3.05, 3.63) is 59.3 Å². The molecule has 140 valence electrons. The smallest absolute Gasteiger partial charge is 0.337 e. The second kappa shape index (κ2) is 7.59. The highest BCUT2D eigenvalue weighted by molar-refractivity contribution is 6.10. The molecule has 0 aliphatic heterocycles. The van der Waals surface area contributed by atoms with Crippen LogP contribution in [0.15, 0.2) is 42.5 Å². The first-order valence-corrected chi connectivity index (χ1v) is 7.99. The first-order chi connectivity index (χ1) is 13.4. The number of alkyl halides is 1. The maximum absolute atomic E-state index is 12.6. The zero-order valence-electron chi connectivity index (χ0n) is 14.2. The summed E-state index contributed by atoms with van der Waals surface area (Å²) in [7, 11) is 0. The third-order valence-corrected chi connectivity index (χ3v) is 3.92. The average molecular weight is 380 g/mol. The summed E-state index contributed by atoms with van der Waals surface area (Å²) in [4.78, 5) is 38.1. The number of carboxylic acids is 1. The summed E-state index contributed by atoms with van der Waals surface area (Å²) < 4.78 is 12.5. The molecule has 0 fully saturated rings. The number of hydrogen-bond acceptors (Lipinski definition) is 4. The molecule has 2 aromatic carbocycles. The quantitative estimate of drug-likeness (QED) is 0.540. The lowest BCUT2D eigenvalue weighted by Crippen LogP contribution is -2.15. The first kappa shape index (κ1) is 18.6. The minimum absolute atomic E-state index is 0.0288. The molecule has 1 aromatic heterocycles. The van der Waals surface area contributed by atoms with Crippen LogP contribution in [0.1, 0.15) is 26.4 Å². The van der Waals surface area contributed by atoms with Crippen molar-refractivity contribution in [2.45, 2.75) is 0 Å². The monoisotopic (exact) mass is 380 g/mol. The van der Waals surface area contributed by atoms with E-state index in [9.17, 15) is 23.9 Å². The van der Waals surface area contributed by atoms with Gasteiger partial charge in [0, 0.05) is 5.39 Å². The van der Waals surface area contributed by atoms with E-state index < -0.39 is 24.5 Å². The van der Waals surface area contributed by atoms with E-state index in [1.54, 1.807) is 18.2 Å². The summed E-state index contributed by atoms with van der Waals surface area (Å²) in [6.07, 6.45) is 0. The lowest BCUT2D eigenvalue weighted by molar-refractivity contribution is -0.117. The van der Waals surface area contributed by atoms with E-state index in [1.807, 2.05) is 6.07 Å². The van der Waals surface area contributed by atoms with Gasteiger partial charge >= 0.3 is 5.97 Å². The van der Waals surface area contributed by atoms with Gasteiger partial charge in [0.05, 0.1) is 34.1 Å². The van der Waals surface area contributed by atoms with E-state index in [2.05, 4.69) is 15.6 Å². The van der Waals surface area contributed by atoms with E-state index in [0.717, 1.165) is 6.07 Å². The topological polar surface area (TPSA) is 135 Å². The number of carbonyl (C=O) groups is 3. The molecule has 2 amide bonds. The number of amides is 2. The lowest BCUT2D eigenvalue weighted by Gasteiger charge is -2.08. The number of rotatable bonds is 5. The Morgan fingerprint density at radius 1 is 1.11 bits per heavy atom. The Morgan fingerprint density at radius 2 is 1.89 bits per heavy atom. The normalized spacial score (nSPS) is 10.3. The Labute approximate surface area is 157 Å². The predicted octanol–water partition coefficient (Wildman–Crippen LogP) is 2.90. The van der Waals surface area contributed by atoms with Gasteiger partial charge < -0.3 is 20.7 Å². The number of aromatic amines is 1. The zero-order chi connectivity index (χ0) is 20.3. The van der Waals surface area contributed by atoms with Crippen LogP contribution in [0.25, 0.3) is 10.9 Å². The molecule has 4 N–H and O–H groups in total. The summed E-state index contributed by atoms with van der Waals surface area (Å²) in [5.41, 5.74) is 0.795. The van der Waals surface area contributed by atoms with Crippen molar-refractivity contribution < 1.29 is 23.9 Å². The highest BCUT2D eigenvalue weighted by Crippen LogP contribution is 2.25. The number of H-pyrrole nitrogens is 1. The second-order valence-electron chi connectivity index (χ2n) is 5.77. The van der Waals surface area contributed by atoms with Crippen LogP contribution in [-0.4, -0.2) is 34.5 Å². The Balaban J connectivity index is 1.93. The van der Waals surface area contributed by atoms with Gasteiger partial charge in [-0.25, -0.2) is 9.18 Å². The van der Waals surface area contributed by atoms with Crippen LogP contribution in [-0.2, 0) is 4.79 Å². The van der Waals surface area contributed by atoms with Crippen molar-refractivity contribution in [1.29, 1.82) is 5.26 Å². The molecule has 3 aromatic rings. The number of nitriles is 1. The highest BCUT2D eigenvalue weighted by atomic mass is 19.1. The SMILES string of the molecule is N#Cc1ccc(NC(=O)c2cc3cccc(NC(=O)CF)c3[nH]2)c(C(=O)O)c1. The molecule has 3 rings (SSSR count). The van der Waals surface area contributed by atoms with Gasteiger partial charge in [-0.15, -0.1) is 0 Å². The molecule has 0 radical (unpaired) electrons. The number of aromatic nitrogens is 1. The van der Waals surface area contributed by atoms with E-state index in [0.29, 0.717) is 16.6 Å². The number of hydrogen-bond donors (Lipinski definition) is 4. The lowest BCUT2D eigenvalue weighted by atomic mass is 10.1. The number of nitrogens with zero attached hydrogens (tertiary/aromatic N) is 1. The summed E-state index contributed by atoms with van der Waals surface area (Å²) in [6.45, 7) is -1.18. The predicted molar refractivity (Wildman–Crippen MR) is 99.0 cm³/mol. The summed E-state index contributed by atoms with van der Waals surface area (Å²) >= 11 is 0. The van der Waals surface area contributed by atoms with Crippen LogP contribution in [0, 0.1) is 11.3 Å². The van der Waals surface area contributed by atoms with Crippen molar-refractivity contribution in [1.82, 2.24) is 4.98 Å². The summed E-state index contributed by atoms with van der Waals surface area (Å²) in [5.74, 6) is -2.73. The number of aromatic carboxylic acids is 1. The molecule has 0 atom stereocenters. The molecule has 0 aliphatic carbocycles. The third kappa shape index (κ3) is 3.66. The van der Waals surface area contributed by atoms with Crippen molar-refractivity contribution in [2.24, 2.45) is 0 Å². The van der Waals surface area contributed by atoms with Crippen LogP contribution < -0.4 is 10.6 Å². The standard InChI is InChI=1S/C19H13FN4O4/c20-8-16(25)22-14-3-1-2-11-7-15(23-17(11)14)18(26)24-13-5-4-10(9-21)6-12(13)19(27)28/h1-7,23H,8H2,(H,22,25)(H,24,26)(H,27,28). The Hall–Kier alpha value is -4.19. The maximum Gasteiger partial charge on any atom is 0.337 e. The number of carbonyl (C=O) groups excluding carboxylic acids is 2. The Kier molecular flexibility index (Phi) is 5.04. The van der Waals surface area contributed by atoms with Crippen molar-refractivity contribution >= 4 is 40.1 Å². The minimum atomic E-state index is -1.29. The number of nitrogens with one attached hydrogen (secondary N) is 3. The van der Waals surface area contributed by atoms with Crippen LogP contribution in [0.2, 0.25) is 0 Å². The number of anilines is 2. The molecule has 0 spiro atoms. The Bertz CT molecular complexity index is 1150. The van der Waals surface area contributed by atoms with Crippen LogP contribution in [0.4, 0.5) is 15.8 Å². The van der Waals surface area contributed by atoms with Gasteiger partial charge in [-0.3, -0.25) is 9.59 Å². The second-order valence-corrected chi connectivity index (χ2v) is 5.77. The van der Waals surface area contributed by atoms with Crippen LogP contribution in [0.5, 0.6) is 0 Å². The van der Waals surface area contributed by atoms with Gasteiger partial charge in [-0.1, -0.05) is 12.1 Å². The van der Waals surface area contributed by atoms with E-state index in [-0.39, 0.29) is 22.5 Å². The molecule has 9 heteroatoms. The molecule has 0 bridgehead atoms. The number of benzene rings is 2. The van der Waals surface area contributed by atoms with Crippen molar-refractivity contribution in [2.75, 3.05) is 17.3 Å². The largest absolute Gasteiger partial charge is 0.478 e. The van der Waals surface area contributed by atoms with Gasteiger partial charge in [0.25, 0.3) is 11.8 Å². The summed E-state index contributed by atoms with van der Waals surface area (Å²) in [6, 6.07) is 12.1. The molecule has 0 unspecified atom stereocenters. The first-order valence-electron chi connectivity index (χ1n) is 7.99. The molecular formula is C19H13FN4O4. The van der Waals surface area contributed by atoms with E-state index >= 15 is 0 Å². The third-order valence-electron chi connectivity index (χ3n) is 3.92. The average Bonchev–Trinajstić information content (AvgIpc) is 3.13. The van der Waals surface area contributed by atoms with E-state index in [1.165, 1.54) is 18.2 Å². The maximum atomic E-state index is 12.6. The molecule has 0 saturated heterocycles. The van der Waals surface area contributed by atoms with Crippen molar-refractivity contribution in [3.63, 3.8) is 0 Å². The van der Waals surface area contributed by atoms with Gasteiger partial charge in [0.15, 0.2) is 6.67 Å². The van der Waals surface area contributed by atoms with Crippen LogP contribution in [0.3, 0.4) is 0 Å². The Morgan fingerprint density at radius 3 is 2.57 bits per heavy atom. The van der Waals surface area contributed by atoms with Crippen LogP contribution >= 0.6 is 0 Å². The fraction of sp³-hybridized carbons (Fsp3) is 0.0526. The van der Waals surface area contributed by atoms with E-state index in [4.69, 9.17) is 5.26 Å². The molecule has 28 heavy (non-hydrogen) atoms. The molecule has 8 nitrogen and oxygen atoms in total. The molecule has 1 heterocycles. The van der Waals surface area contributed by atoms with Gasteiger partial charge in [0.1, 0.15) is 5.69 Å². The number of carboxylic acid groups (broad SMARTS) is 1. The minimum Gasteiger partial charge on any atom is -0.478 e. The molecule has 0 aliphatic rings. The fourth-order valence-electron chi connectivity index (χ4n) is 2.66. The van der Waals surface area contributed by atoms with Gasteiger partial charge in [-0.05, 0) is 30.3 Å². The summed E-state index contributed by atoms with van der Waals surface area (Å²) in [5, 5.41) is 23.6. The molecular weight excluding hydrogens is 367 g/mol.